The van der Waals surface area contributed by atoms with E-state index in [0.717, 1.165) is 38.8 Å². The monoisotopic (exact) mass is 157 g/mol. The number of nitrogens with zero attached hydrogens (tertiary/aromatic N) is 1. The molecule has 0 aromatic rings. The van der Waals surface area contributed by atoms with Crippen molar-refractivity contribution in [3.8, 4) is 0 Å². The molecule has 11 heavy (non-hydrogen) atoms. The van der Waals surface area contributed by atoms with Gasteiger partial charge in [0.15, 0.2) is 0 Å². The van der Waals surface area contributed by atoms with Gasteiger partial charge in [0.25, 0.3) is 0 Å². The van der Waals surface area contributed by atoms with Gasteiger partial charge in [0, 0.05) is 13.7 Å². The van der Waals surface area contributed by atoms with Crippen LogP contribution < -0.4 is 0 Å². The highest BCUT2D eigenvalue weighted by atomic mass is 16.5. The van der Waals surface area contributed by atoms with Gasteiger partial charge in [0.2, 0.25) is 0 Å². The van der Waals surface area contributed by atoms with Gasteiger partial charge in [0.1, 0.15) is 6.29 Å². The van der Waals surface area contributed by atoms with E-state index in [4.69, 9.17) is 4.74 Å². The van der Waals surface area contributed by atoms with Crippen LogP contribution in [0.2, 0.25) is 0 Å². The fraction of sp³-hybridized carbons (Fsp3) is 0.875. The molecule has 3 heteroatoms. The topological polar surface area (TPSA) is 29.5 Å². The number of methoxy groups -OCH3 is 1. The summed E-state index contributed by atoms with van der Waals surface area (Å²) in [6.45, 7) is 2.66. The number of carbonyl (C=O) groups excluding carboxylic acids is 1. The number of aldehydes is 1. The normalized spacial score (nSPS) is 25.7. The Bertz CT molecular complexity index is 127. The molecule has 0 unspecified atom stereocenters. The molecule has 0 spiro atoms. The molecule has 0 aromatic heterocycles. The second-order valence-corrected chi connectivity index (χ2v) is 2.87. The van der Waals surface area contributed by atoms with E-state index in [-0.39, 0.29) is 6.04 Å². The average Bonchev–Trinajstić information content (AvgIpc) is 2.47. The highest BCUT2D eigenvalue weighted by Gasteiger charge is 2.22. The summed E-state index contributed by atoms with van der Waals surface area (Å²) in [6.07, 6.45) is 3.21. The molecule has 1 saturated heterocycles. The van der Waals surface area contributed by atoms with Crippen molar-refractivity contribution in [1.29, 1.82) is 0 Å². The van der Waals surface area contributed by atoms with Gasteiger partial charge in [-0.25, -0.2) is 0 Å². The molecule has 3 nitrogen and oxygen atoms in total. The largest absolute Gasteiger partial charge is 0.383 e. The highest BCUT2D eigenvalue weighted by Crippen LogP contribution is 2.13. The highest BCUT2D eigenvalue weighted by molar-refractivity contribution is 5.58. The number of rotatable bonds is 4. The van der Waals surface area contributed by atoms with E-state index in [2.05, 4.69) is 4.90 Å². The van der Waals surface area contributed by atoms with Gasteiger partial charge < -0.3 is 9.53 Å². The van der Waals surface area contributed by atoms with Gasteiger partial charge in [-0.3, -0.25) is 4.90 Å². The summed E-state index contributed by atoms with van der Waals surface area (Å²) in [7, 11) is 1.69. The molecule has 0 aliphatic carbocycles. The van der Waals surface area contributed by atoms with Crippen LogP contribution in [0, 0.1) is 0 Å². The Hall–Kier alpha value is -0.410. The number of hydrogen-bond donors (Lipinski definition) is 0. The van der Waals surface area contributed by atoms with E-state index in [1.54, 1.807) is 7.11 Å². The SMILES string of the molecule is COCCN1CCC[C@H]1C=O. The van der Waals surface area contributed by atoms with Gasteiger partial charge in [-0.1, -0.05) is 0 Å². The van der Waals surface area contributed by atoms with E-state index < -0.39 is 0 Å². The summed E-state index contributed by atoms with van der Waals surface area (Å²) in [6, 6.07) is 0.158. The molecule has 0 saturated carbocycles. The smallest absolute Gasteiger partial charge is 0.137 e. The van der Waals surface area contributed by atoms with Crippen molar-refractivity contribution < 1.29 is 9.53 Å². The van der Waals surface area contributed by atoms with Gasteiger partial charge in [-0.2, -0.15) is 0 Å². The second-order valence-electron chi connectivity index (χ2n) is 2.87. The predicted molar refractivity (Wildman–Crippen MR) is 42.5 cm³/mol. The number of carbonyl (C=O) groups is 1. The first-order chi connectivity index (χ1) is 5.38. The molecule has 0 aromatic carbocycles. The summed E-state index contributed by atoms with van der Waals surface area (Å²) < 4.78 is 4.94. The number of hydrogen-bond acceptors (Lipinski definition) is 3. The number of likely N-dealkylation sites (tertiary alicyclic amines) is 1. The molecule has 0 bridgehead atoms. The van der Waals surface area contributed by atoms with Crippen molar-refractivity contribution in [2.75, 3.05) is 26.8 Å². The van der Waals surface area contributed by atoms with E-state index >= 15 is 0 Å². The average molecular weight is 157 g/mol. The van der Waals surface area contributed by atoms with Crippen LogP contribution in [0.3, 0.4) is 0 Å². The van der Waals surface area contributed by atoms with Crippen LogP contribution in [0.5, 0.6) is 0 Å². The molecule has 1 rings (SSSR count). The zero-order chi connectivity index (χ0) is 8.10. The van der Waals surface area contributed by atoms with Gasteiger partial charge >= 0.3 is 0 Å². The van der Waals surface area contributed by atoms with Crippen molar-refractivity contribution in [3.63, 3.8) is 0 Å². The third-order valence-corrected chi connectivity index (χ3v) is 2.15. The van der Waals surface area contributed by atoms with Crippen LogP contribution in [-0.2, 0) is 9.53 Å². The lowest BCUT2D eigenvalue weighted by Crippen LogP contribution is -2.33. The Morgan fingerprint density at radius 3 is 3.18 bits per heavy atom. The van der Waals surface area contributed by atoms with Crippen molar-refractivity contribution in [2.24, 2.45) is 0 Å². The lowest BCUT2D eigenvalue weighted by Gasteiger charge is -2.18. The van der Waals surface area contributed by atoms with Crippen LogP contribution in [0.4, 0.5) is 0 Å². The zero-order valence-electron chi connectivity index (χ0n) is 6.95. The van der Waals surface area contributed by atoms with Crippen LogP contribution in [0.15, 0.2) is 0 Å². The lowest BCUT2D eigenvalue weighted by molar-refractivity contribution is -0.111. The minimum absolute atomic E-state index is 0.158. The first kappa shape index (κ1) is 8.68. The minimum Gasteiger partial charge on any atom is -0.383 e. The molecule has 1 aliphatic rings. The molecule has 0 N–H and O–H groups in total. The maximum absolute atomic E-state index is 10.5. The second kappa shape index (κ2) is 4.46. The molecule has 1 atom stereocenters. The third-order valence-electron chi connectivity index (χ3n) is 2.15. The first-order valence-corrected chi connectivity index (χ1v) is 4.06. The van der Waals surface area contributed by atoms with Gasteiger partial charge in [-0.15, -0.1) is 0 Å². The Labute approximate surface area is 67.3 Å². The molecule has 0 amide bonds. The molecular weight excluding hydrogens is 142 g/mol. The van der Waals surface area contributed by atoms with Crippen molar-refractivity contribution in [2.45, 2.75) is 18.9 Å². The molecule has 1 heterocycles. The summed E-state index contributed by atoms with van der Waals surface area (Å²) in [5.41, 5.74) is 0. The fourth-order valence-corrected chi connectivity index (χ4v) is 1.49. The molecular formula is C8H15NO2. The Kier molecular flexibility index (Phi) is 3.52. The van der Waals surface area contributed by atoms with Crippen molar-refractivity contribution in [1.82, 2.24) is 4.90 Å². The Morgan fingerprint density at radius 2 is 2.55 bits per heavy atom. The quantitative estimate of drug-likeness (QED) is 0.549. The van der Waals surface area contributed by atoms with E-state index in [9.17, 15) is 4.79 Å². The van der Waals surface area contributed by atoms with Gasteiger partial charge in [-0.05, 0) is 19.4 Å². The molecule has 1 aliphatic heterocycles. The predicted octanol–water partition coefficient (Wildman–Crippen LogP) is 0.296. The Morgan fingerprint density at radius 1 is 1.73 bits per heavy atom. The van der Waals surface area contributed by atoms with Crippen LogP contribution >= 0.6 is 0 Å². The van der Waals surface area contributed by atoms with Crippen LogP contribution in [0.25, 0.3) is 0 Å². The third kappa shape index (κ3) is 2.27. The lowest BCUT2D eigenvalue weighted by atomic mass is 10.2. The summed E-state index contributed by atoms with van der Waals surface area (Å²) in [5, 5.41) is 0. The van der Waals surface area contributed by atoms with E-state index in [0.29, 0.717) is 0 Å². The fourth-order valence-electron chi connectivity index (χ4n) is 1.49. The maximum Gasteiger partial charge on any atom is 0.137 e. The minimum atomic E-state index is 0.158. The van der Waals surface area contributed by atoms with Gasteiger partial charge in [0.05, 0.1) is 12.6 Å². The zero-order valence-corrected chi connectivity index (χ0v) is 6.95. The van der Waals surface area contributed by atoms with Crippen LogP contribution in [-0.4, -0.2) is 44.0 Å². The van der Waals surface area contributed by atoms with Crippen LogP contribution in [0.1, 0.15) is 12.8 Å². The number of ether oxygens (including phenoxy) is 1. The summed E-state index contributed by atoms with van der Waals surface area (Å²) in [4.78, 5) is 12.7. The molecule has 1 fully saturated rings. The summed E-state index contributed by atoms with van der Waals surface area (Å²) in [5.74, 6) is 0. The van der Waals surface area contributed by atoms with Crippen molar-refractivity contribution in [3.05, 3.63) is 0 Å². The standard InChI is InChI=1S/C8H15NO2/c1-11-6-5-9-4-2-3-8(9)7-10/h7-8H,2-6H2,1H3/t8-/m0/s1. The van der Waals surface area contributed by atoms with E-state index in [1.165, 1.54) is 0 Å². The molecule has 64 valence electrons. The first-order valence-electron chi connectivity index (χ1n) is 4.06. The van der Waals surface area contributed by atoms with Crippen molar-refractivity contribution >= 4 is 6.29 Å². The Balaban J connectivity index is 2.25. The van der Waals surface area contributed by atoms with E-state index in [1.807, 2.05) is 0 Å². The summed E-state index contributed by atoms with van der Waals surface area (Å²) >= 11 is 0. The molecule has 0 radical (unpaired) electrons. The maximum atomic E-state index is 10.5.